The van der Waals surface area contributed by atoms with Crippen molar-refractivity contribution in [3.63, 3.8) is 0 Å². The third kappa shape index (κ3) is 2.71. The summed E-state index contributed by atoms with van der Waals surface area (Å²) in [5, 5.41) is 2.86. The molecule has 1 N–H and O–H groups in total. The number of carbonyl (C=O) groups is 1. The summed E-state index contributed by atoms with van der Waals surface area (Å²) in [5.74, 6) is -0.133. The van der Waals surface area contributed by atoms with Crippen LogP contribution < -0.4 is 5.32 Å². The molecule has 4 heteroatoms. The quantitative estimate of drug-likeness (QED) is 0.921. The zero-order chi connectivity index (χ0) is 12.3. The highest BCUT2D eigenvalue weighted by atomic mass is 79.9. The fraction of sp³-hybridized carbons (Fsp3) is 0.0769. The number of nitrogens with one attached hydrogen (secondary N) is 1. The van der Waals surface area contributed by atoms with Gasteiger partial charge in [0.15, 0.2) is 0 Å². The van der Waals surface area contributed by atoms with Crippen molar-refractivity contribution >= 4 is 27.5 Å². The van der Waals surface area contributed by atoms with Crippen LogP contribution in [-0.4, -0.2) is 10.9 Å². The number of nitrogens with zero attached hydrogens (tertiary/aromatic N) is 1. The summed E-state index contributed by atoms with van der Waals surface area (Å²) in [7, 11) is 0. The molecule has 2 aromatic rings. The van der Waals surface area contributed by atoms with E-state index in [-0.39, 0.29) is 5.91 Å². The van der Waals surface area contributed by atoms with E-state index in [2.05, 4.69) is 26.2 Å². The van der Waals surface area contributed by atoms with E-state index in [1.165, 1.54) is 0 Å². The maximum atomic E-state index is 12.0. The zero-order valence-electron chi connectivity index (χ0n) is 9.27. The molecule has 0 fully saturated rings. The van der Waals surface area contributed by atoms with Crippen LogP contribution in [0.25, 0.3) is 0 Å². The number of hydrogen-bond acceptors (Lipinski definition) is 2. The van der Waals surface area contributed by atoms with Gasteiger partial charge in [-0.05, 0) is 46.6 Å². The smallest absolute Gasteiger partial charge is 0.256 e. The van der Waals surface area contributed by atoms with E-state index in [1.807, 2.05) is 25.1 Å². The molecule has 0 saturated heterocycles. The van der Waals surface area contributed by atoms with Gasteiger partial charge in [0.2, 0.25) is 0 Å². The zero-order valence-corrected chi connectivity index (χ0v) is 10.9. The van der Waals surface area contributed by atoms with Crippen molar-refractivity contribution < 1.29 is 4.79 Å². The van der Waals surface area contributed by atoms with Crippen molar-refractivity contribution in [2.75, 3.05) is 5.32 Å². The SMILES string of the molecule is Cc1cnccc1NC(=O)c1ccccc1Br. The van der Waals surface area contributed by atoms with Gasteiger partial charge in [0, 0.05) is 22.6 Å². The molecule has 1 heterocycles. The fourth-order valence-corrected chi connectivity index (χ4v) is 1.91. The molecule has 0 bridgehead atoms. The second-order valence-corrected chi connectivity index (χ2v) is 4.48. The van der Waals surface area contributed by atoms with Crippen molar-refractivity contribution in [1.82, 2.24) is 4.98 Å². The van der Waals surface area contributed by atoms with Crippen LogP contribution in [-0.2, 0) is 0 Å². The molecule has 1 aromatic heterocycles. The van der Waals surface area contributed by atoms with E-state index < -0.39 is 0 Å². The molecule has 0 unspecified atom stereocenters. The lowest BCUT2D eigenvalue weighted by atomic mass is 10.2. The number of rotatable bonds is 2. The van der Waals surface area contributed by atoms with Crippen molar-refractivity contribution in [2.24, 2.45) is 0 Å². The third-order valence-corrected chi connectivity index (χ3v) is 3.08. The molecule has 86 valence electrons. The van der Waals surface area contributed by atoms with Crippen LogP contribution in [0.3, 0.4) is 0 Å². The highest BCUT2D eigenvalue weighted by Gasteiger charge is 2.10. The standard InChI is InChI=1S/C13H11BrN2O/c1-9-8-15-7-6-12(9)16-13(17)10-4-2-3-5-11(10)14/h2-8H,1H3,(H,15,16,17). The van der Waals surface area contributed by atoms with Gasteiger partial charge in [-0.1, -0.05) is 12.1 Å². The molecule has 0 radical (unpaired) electrons. The van der Waals surface area contributed by atoms with Crippen LogP contribution in [0.5, 0.6) is 0 Å². The Morgan fingerprint density at radius 3 is 2.76 bits per heavy atom. The molecule has 0 aliphatic heterocycles. The minimum Gasteiger partial charge on any atom is -0.322 e. The topological polar surface area (TPSA) is 42.0 Å². The van der Waals surface area contributed by atoms with Gasteiger partial charge in [0.25, 0.3) is 5.91 Å². The predicted molar refractivity (Wildman–Crippen MR) is 71.1 cm³/mol. The predicted octanol–water partition coefficient (Wildman–Crippen LogP) is 3.40. The second kappa shape index (κ2) is 5.10. The van der Waals surface area contributed by atoms with E-state index in [4.69, 9.17) is 0 Å². The minimum absolute atomic E-state index is 0.133. The Bertz CT molecular complexity index is 555. The van der Waals surface area contributed by atoms with Crippen molar-refractivity contribution in [2.45, 2.75) is 6.92 Å². The van der Waals surface area contributed by atoms with Gasteiger partial charge in [-0.15, -0.1) is 0 Å². The first-order chi connectivity index (χ1) is 8.18. The summed E-state index contributed by atoms with van der Waals surface area (Å²) in [5.41, 5.74) is 2.33. The summed E-state index contributed by atoms with van der Waals surface area (Å²) >= 11 is 3.36. The number of pyridine rings is 1. The van der Waals surface area contributed by atoms with Gasteiger partial charge >= 0.3 is 0 Å². The Hall–Kier alpha value is -1.68. The first-order valence-corrected chi connectivity index (χ1v) is 5.94. The van der Waals surface area contributed by atoms with Gasteiger partial charge in [-0.25, -0.2) is 0 Å². The van der Waals surface area contributed by atoms with Gasteiger partial charge in [0.1, 0.15) is 0 Å². The Kier molecular flexibility index (Phi) is 3.54. The van der Waals surface area contributed by atoms with Gasteiger partial charge in [-0.2, -0.15) is 0 Å². The van der Waals surface area contributed by atoms with Crippen LogP contribution in [0, 0.1) is 6.92 Å². The molecule has 3 nitrogen and oxygen atoms in total. The average molecular weight is 291 g/mol. The summed E-state index contributed by atoms with van der Waals surface area (Å²) in [6.45, 7) is 1.91. The van der Waals surface area contributed by atoms with Gasteiger partial charge in [0.05, 0.1) is 5.56 Å². The molecular weight excluding hydrogens is 280 g/mol. The Morgan fingerprint density at radius 2 is 2.06 bits per heavy atom. The largest absolute Gasteiger partial charge is 0.322 e. The first-order valence-electron chi connectivity index (χ1n) is 5.15. The first kappa shape index (κ1) is 11.8. The van der Waals surface area contributed by atoms with Crippen molar-refractivity contribution in [3.8, 4) is 0 Å². The summed E-state index contributed by atoms with van der Waals surface area (Å²) in [6, 6.07) is 9.10. The number of aryl methyl sites for hydroxylation is 1. The normalized spacial score (nSPS) is 10.0. The van der Waals surface area contributed by atoms with E-state index >= 15 is 0 Å². The monoisotopic (exact) mass is 290 g/mol. The number of hydrogen-bond donors (Lipinski definition) is 1. The molecule has 0 aliphatic carbocycles. The molecule has 1 aromatic carbocycles. The van der Waals surface area contributed by atoms with Crippen LogP contribution in [0.15, 0.2) is 47.2 Å². The molecule has 17 heavy (non-hydrogen) atoms. The molecular formula is C13H11BrN2O. The maximum Gasteiger partial charge on any atom is 0.256 e. The Balaban J connectivity index is 2.24. The van der Waals surface area contributed by atoms with Crippen LogP contribution >= 0.6 is 15.9 Å². The summed E-state index contributed by atoms with van der Waals surface area (Å²) in [4.78, 5) is 16.0. The lowest BCUT2D eigenvalue weighted by Gasteiger charge is -2.08. The summed E-state index contributed by atoms with van der Waals surface area (Å²) in [6.07, 6.45) is 3.37. The molecule has 2 rings (SSSR count). The molecule has 0 spiro atoms. The highest BCUT2D eigenvalue weighted by molar-refractivity contribution is 9.10. The van der Waals surface area contributed by atoms with Crippen LogP contribution in [0.2, 0.25) is 0 Å². The fourth-order valence-electron chi connectivity index (χ4n) is 1.45. The van der Waals surface area contributed by atoms with Crippen molar-refractivity contribution in [1.29, 1.82) is 0 Å². The van der Waals surface area contributed by atoms with Gasteiger partial charge < -0.3 is 5.32 Å². The Labute approximate surface area is 108 Å². The van der Waals surface area contributed by atoms with E-state index in [0.717, 1.165) is 15.7 Å². The lowest BCUT2D eigenvalue weighted by molar-refractivity contribution is 0.102. The number of benzene rings is 1. The van der Waals surface area contributed by atoms with Crippen LogP contribution in [0.4, 0.5) is 5.69 Å². The molecule has 0 atom stereocenters. The highest BCUT2D eigenvalue weighted by Crippen LogP contribution is 2.18. The van der Waals surface area contributed by atoms with Gasteiger partial charge in [-0.3, -0.25) is 9.78 Å². The van der Waals surface area contributed by atoms with Crippen molar-refractivity contribution in [3.05, 3.63) is 58.3 Å². The Morgan fingerprint density at radius 1 is 1.29 bits per heavy atom. The number of aromatic nitrogens is 1. The van der Waals surface area contributed by atoms with E-state index in [1.54, 1.807) is 24.5 Å². The number of amides is 1. The second-order valence-electron chi connectivity index (χ2n) is 3.62. The minimum atomic E-state index is -0.133. The molecule has 0 saturated carbocycles. The van der Waals surface area contributed by atoms with Crippen LogP contribution in [0.1, 0.15) is 15.9 Å². The van der Waals surface area contributed by atoms with E-state index in [0.29, 0.717) is 5.56 Å². The average Bonchev–Trinajstić information content (AvgIpc) is 2.32. The third-order valence-electron chi connectivity index (χ3n) is 2.39. The molecule has 1 amide bonds. The van der Waals surface area contributed by atoms with E-state index in [9.17, 15) is 4.79 Å². The summed E-state index contributed by atoms with van der Waals surface area (Å²) < 4.78 is 0.782. The number of anilines is 1. The lowest BCUT2D eigenvalue weighted by Crippen LogP contribution is -2.13. The number of halogens is 1. The number of carbonyl (C=O) groups excluding carboxylic acids is 1. The maximum absolute atomic E-state index is 12.0. The molecule has 0 aliphatic rings.